The Balaban J connectivity index is 2.29. The van der Waals surface area contributed by atoms with E-state index < -0.39 is 71.7 Å². The fourth-order valence-corrected chi connectivity index (χ4v) is 2.74. The molecule has 0 aliphatic heterocycles. The second-order valence-electron chi connectivity index (χ2n) is 6.90. The first-order valence-corrected chi connectivity index (χ1v) is 11.8. The first kappa shape index (κ1) is 28.1. The molecule has 0 bridgehead atoms. The van der Waals surface area contributed by atoms with Crippen molar-refractivity contribution in [2.45, 2.75) is 19.1 Å². The van der Waals surface area contributed by atoms with Gasteiger partial charge >= 0.3 is 12.1 Å². The number of nitrogens with one attached hydrogen (secondary N) is 4. The Morgan fingerprint density at radius 2 is 1.50 bits per heavy atom. The monoisotopic (exact) mass is 498 g/mol. The van der Waals surface area contributed by atoms with Gasteiger partial charge in [-0.1, -0.05) is 36.4 Å². The van der Waals surface area contributed by atoms with Crippen LogP contribution in [0.3, 0.4) is 0 Å². The smallest absolute Gasteiger partial charge is 0.407 e. The van der Waals surface area contributed by atoms with Crippen molar-refractivity contribution in [3.8, 4) is 0 Å². The molecule has 0 aliphatic rings. The minimum absolute atomic E-state index is 0.0239. The third kappa shape index (κ3) is 14.2. The van der Waals surface area contributed by atoms with Gasteiger partial charge in [0.15, 0.2) is 9.84 Å². The van der Waals surface area contributed by atoms with Crippen molar-refractivity contribution in [2.75, 3.05) is 25.9 Å². The zero-order chi connectivity index (χ0) is 25.6. The molecule has 1 aromatic carbocycles. The number of amides is 4. The molecule has 0 saturated heterocycles. The highest BCUT2D eigenvalue weighted by atomic mass is 32.2. The number of rotatable bonds is 13. The topological polar surface area (TPSA) is 197 Å². The summed E-state index contributed by atoms with van der Waals surface area (Å²) in [6.07, 6.45) is 0.533. The highest BCUT2D eigenvalue weighted by molar-refractivity contribution is 7.93. The van der Waals surface area contributed by atoms with Gasteiger partial charge in [0.1, 0.15) is 13.2 Å². The molecule has 0 aliphatic carbocycles. The van der Waals surface area contributed by atoms with Gasteiger partial charge in [0.2, 0.25) is 17.7 Å². The van der Waals surface area contributed by atoms with Gasteiger partial charge in [-0.05, 0) is 5.56 Å². The van der Waals surface area contributed by atoms with Gasteiger partial charge in [0.05, 0.1) is 25.6 Å². The molecule has 4 amide bonds. The van der Waals surface area contributed by atoms with Gasteiger partial charge in [0, 0.05) is 11.7 Å². The minimum Gasteiger partial charge on any atom is -0.481 e. The van der Waals surface area contributed by atoms with E-state index >= 15 is 0 Å². The largest absolute Gasteiger partial charge is 0.481 e. The van der Waals surface area contributed by atoms with E-state index in [4.69, 9.17) is 9.84 Å². The zero-order valence-corrected chi connectivity index (χ0v) is 19.1. The second-order valence-corrected chi connectivity index (χ2v) is 8.83. The van der Waals surface area contributed by atoms with E-state index in [1.54, 1.807) is 24.3 Å². The molecule has 0 unspecified atom stereocenters. The van der Waals surface area contributed by atoms with Crippen LogP contribution in [-0.2, 0) is 40.4 Å². The van der Waals surface area contributed by atoms with E-state index in [1.165, 1.54) is 0 Å². The van der Waals surface area contributed by atoms with Crippen LogP contribution in [-0.4, -0.2) is 75.2 Å². The first-order valence-electron chi connectivity index (χ1n) is 9.82. The molecule has 0 aromatic heterocycles. The molecule has 0 fully saturated rings. The summed E-state index contributed by atoms with van der Waals surface area (Å²) in [7, 11) is -3.53. The predicted molar refractivity (Wildman–Crippen MR) is 119 cm³/mol. The number of benzene rings is 1. The lowest BCUT2D eigenvalue weighted by Crippen LogP contribution is -2.46. The van der Waals surface area contributed by atoms with Crippen LogP contribution in [0.2, 0.25) is 0 Å². The van der Waals surface area contributed by atoms with Crippen molar-refractivity contribution >= 4 is 39.6 Å². The molecule has 0 spiro atoms. The fraction of sp³-hybridized carbons (Fsp3) is 0.350. The normalized spacial score (nSPS) is 11.8. The number of sulfone groups is 1. The molecule has 186 valence electrons. The maximum atomic E-state index is 11.9. The Hall–Kier alpha value is -3.94. The Morgan fingerprint density at radius 1 is 0.941 bits per heavy atom. The molecule has 1 rings (SSSR count). The lowest BCUT2D eigenvalue weighted by Gasteiger charge is -2.13. The van der Waals surface area contributed by atoms with E-state index in [0.29, 0.717) is 0 Å². The van der Waals surface area contributed by atoms with Gasteiger partial charge in [0.25, 0.3) is 0 Å². The van der Waals surface area contributed by atoms with Crippen molar-refractivity contribution in [3.63, 3.8) is 0 Å². The summed E-state index contributed by atoms with van der Waals surface area (Å²) < 4.78 is 27.2. The molecule has 0 radical (unpaired) electrons. The SMILES string of the molecule is CS(=O)(=O)/C=C/[C@H](CC(=O)O)NC(=O)CNC(=O)CNC(=O)CNC(=O)OCc1ccccc1. The Kier molecular flexibility index (Phi) is 11.8. The van der Waals surface area contributed by atoms with Gasteiger partial charge in [-0.25, -0.2) is 13.2 Å². The van der Waals surface area contributed by atoms with Crippen molar-refractivity contribution in [1.29, 1.82) is 0 Å². The average molecular weight is 499 g/mol. The van der Waals surface area contributed by atoms with Gasteiger partial charge in [-0.15, -0.1) is 0 Å². The molecule has 1 aromatic rings. The summed E-state index contributed by atoms with van der Waals surface area (Å²) in [4.78, 5) is 57.8. The number of aliphatic carboxylic acids is 1. The summed E-state index contributed by atoms with van der Waals surface area (Å²) >= 11 is 0. The highest BCUT2D eigenvalue weighted by Crippen LogP contribution is 2.00. The third-order valence-electron chi connectivity index (χ3n) is 3.80. The van der Waals surface area contributed by atoms with Crippen molar-refractivity contribution in [1.82, 2.24) is 21.3 Å². The first-order chi connectivity index (χ1) is 15.9. The van der Waals surface area contributed by atoms with E-state index in [2.05, 4.69) is 21.3 Å². The van der Waals surface area contributed by atoms with Crippen molar-refractivity contribution < 1.29 is 42.2 Å². The number of carboxylic acid groups (broad SMARTS) is 1. The quantitative estimate of drug-likeness (QED) is 0.219. The van der Waals surface area contributed by atoms with E-state index in [-0.39, 0.29) is 6.61 Å². The maximum absolute atomic E-state index is 11.9. The third-order valence-corrected chi connectivity index (χ3v) is 4.45. The van der Waals surface area contributed by atoms with Crippen LogP contribution in [0.1, 0.15) is 12.0 Å². The van der Waals surface area contributed by atoms with Crippen LogP contribution in [0.15, 0.2) is 41.8 Å². The highest BCUT2D eigenvalue weighted by Gasteiger charge is 2.15. The van der Waals surface area contributed by atoms with Crippen LogP contribution in [0, 0.1) is 0 Å². The van der Waals surface area contributed by atoms with Crippen LogP contribution in [0.4, 0.5) is 4.79 Å². The lowest BCUT2D eigenvalue weighted by atomic mass is 10.2. The zero-order valence-electron chi connectivity index (χ0n) is 18.3. The lowest BCUT2D eigenvalue weighted by molar-refractivity contribution is -0.137. The van der Waals surface area contributed by atoms with Crippen molar-refractivity contribution in [3.05, 3.63) is 47.4 Å². The summed E-state index contributed by atoms with van der Waals surface area (Å²) in [5, 5.41) is 18.5. The number of ether oxygens (including phenoxy) is 1. The van der Waals surface area contributed by atoms with Gasteiger partial charge in [-0.3, -0.25) is 19.2 Å². The summed E-state index contributed by atoms with van der Waals surface area (Å²) in [5.41, 5.74) is 0.767. The van der Waals surface area contributed by atoms with Crippen molar-refractivity contribution in [2.24, 2.45) is 0 Å². The summed E-state index contributed by atoms with van der Waals surface area (Å²) in [6.45, 7) is -1.44. The number of carbonyl (C=O) groups is 5. The van der Waals surface area contributed by atoms with Crippen LogP contribution < -0.4 is 21.3 Å². The second kappa shape index (κ2) is 14.3. The number of hydrogen-bond acceptors (Lipinski definition) is 8. The molecular formula is C20H26N4O9S. The number of hydrogen-bond donors (Lipinski definition) is 5. The number of carbonyl (C=O) groups excluding carboxylic acids is 4. The Bertz CT molecular complexity index is 1010. The van der Waals surface area contributed by atoms with Crippen LogP contribution in [0.5, 0.6) is 0 Å². The van der Waals surface area contributed by atoms with Crippen LogP contribution >= 0.6 is 0 Å². The van der Waals surface area contributed by atoms with Gasteiger partial charge in [-0.2, -0.15) is 0 Å². The molecule has 34 heavy (non-hydrogen) atoms. The molecule has 1 atom stereocenters. The summed E-state index contributed by atoms with van der Waals surface area (Å²) in [6, 6.07) is 7.79. The average Bonchev–Trinajstić information content (AvgIpc) is 2.77. The molecular weight excluding hydrogens is 472 g/mol. The molecule has 14 heteroatoms. The Labute approximate surface area is 195 Å². The van der Waals surface area contributed by atoms with Gasteiger partial charge < -0.3 is 31.1 Å². The number of alkyl carbamates (subject to hydrolysis) is 1. The molecule has 0 saturated carbocycles. The standard InChI is InChI=1S/C20H26N4O9S/c1-34(31,32)8-7-15(9-19(28)29)24-18(27)12-22-16(25)10-21-17(26)11-23-20(30)33-13-14-5-3-2-4-6-14/h2-8,15H,9-13H2,1H3,(H,21,26)(H,22,25)(H,23,30)(H,24,27)(H,28,29)/b8-7+/t15-/m1/s1. The minimum atomic E-state index is -3.53. The fourth-order valence-electron chi connectivity index (χ4n) is 2.26. The number of carboxylic acids is 1. The summed E-state index contributed by atoms with van der Waals surface area (Å²) in [5.74, 6) is -3.44. The van der Waals surface area contributed by atoms with E-state index in [9.17, 15) is 32.4 Å². The molecule has 5 N–H and O–H groups in total. The maximum Gasteiger partial charge on any atom is 0.407 e. The molecule has 0 heterocycles. The van der Waals surface area contributed by atoms with E-state index in [1.807, 2.05) is 6.07 Å². The van der Waals surface area contributed by atoms with E-state index in [0.717, 1.165) is 23.3 Å². The predicted octanol–water partition coefficient (Wildman–Crippen LogP) is -1.34. The Morgan fingerprint density at radius 3 is 2.06 bits per heavy atom. The molecule has 13 nitrogen and oxygen atoms in total. The van der Waals surface area contributed by atoms with Crippen LogP contribution in [0.25, 0.3) is 0 Å².